The van der Waals surface area contributed by atoms with Gasteiger partial charge in [-0.05, 0) is 49.7 Å². The van der Waals surface area contributed by atoms with Crippen LogP contribution in [0.25, 0.3) is 5.69 Å². The first-order valence-corrected chi connectivity index (χ1v) is 12.0. The Hall–Kier alpha value is -4.25. The van der Waals surface area contributed by atoms with Gasteiger partial charge in [0.15, 0.2) is 11.0 Å². The number of rotatable bonds is 8. The number of nitrogens with zero attached hydrogens (tertiary/aromatic N) is 4. The van der Waals surface area contributed by atoms with Gasteiger partial charge in [-0.15, -0.1) is 10.2 Å². The first-order valence-electron chi connectivity index (χ1n) is 11.0. The maximum absolute atomic E-state index is 13.4. The van der Waals surface area contributed by atoms with E-state index in [1.807, 2.05) is 25.1 Å². The van der Waals surface area contributed by atoms with Crippen LogP contribution in [0.5, 0.6) is 0 Å². The molecule has 1 heterocycles. The number of benzene rings is 3. The fourth-order valence-electron chi connectivity index (χ4n) is 3.57. The molecule has 9 nitrogen and oxygen atoms in total. The minimum atomic E-state index is -0.588. The first kappa shape index (κ1) is 24.9. The number of nitro benzene ring substituents is 1. The van der Waals surface area contributed by atoms with Crippen LogP contribution in [-0.2, 0) is 5.75 Å². The van der Waals surface area contributed by atoms with E-state index in [0.717, 1.165) is 11.1 Å². The van der Waals surface area contributed by atoms with Gasteiger partial charge < -0.3 is 10.6 Å². The second-order valence-corrected chi connectivity index (χ2v) is 9.00. The highest BCUT2D eigenvalue weighted by Gasteiger charge is 2.22. The van der Waals surface area contributed by atoms with E-state index in [1.165, 1.54) is 42.1 Å². The molecule has 0 bridgehead atoms. The average Bonchev–Trinajstić information content (AvgIpc) is 3.27. The van der Waals surface area contributed by atoms with Crippen LogP contribution >= 0.6 is 11.8 Å². The minimum absolute atomic E-state index is 0.0389. The summed E-state index contributed by atoms with van der Waals surface area (Å²) in [7, 11) is 0. The van der Waals surface area contributed by atoms with Crippen molar-refractivity contribution >= 4 is 29.2 Å². The van der Waals surface area contributed by atoms with Crippen LogP contribution < -0.4 is 10.6 Å². The monoisotopic (exact) mass is 506 g/mol. The molecule has 184 valence electrons. The van der Waals surface area contributed by atoms with Crippen molar-refractivity contribution in [2.45, 2.75) is 30.8 Å². The van der Waals surface area contributed by atoms with Crippen molar-refractivity contribution in [2.24, 2.45) is 0 Å². The average molecular weight is 507 g/mol. The number of halogens is 1. The number of aryl methyl sites for hydroxylation is 1. The number of urea groups is 1. The molecular weight excluding hydrogens is 483 g/mol. The van der Waals surface area contributed by atoms with Crippen LogP contribution in [0.1, 0.15) is 29.9 Å². The number of nitro groups is 1. The van der Waals surface area contributed by atoms with Gasteiger partial charge in [-0.25, -0.2) is 9.18 Å². The zero-order chi connectivity index (χ0) is 25.7. The maximum Gasteiger partial charge on any atom is 0.319 e. The number of hydrogen-bond acceptors (Lipinski definition) is 6. The summed E-state index contributed by atoms with van der Waals surface area (Å²) in [5.74, 6) is 0.605. The number of aromatic nitrogens is 3. The van der Waals surface area contributed by atoms with E-state index in [-0.39, 0.29) is 5.69 Å². The molecule has 0 radical (unpaired) electrons. The smallest absolute Gasteiger partial charge is 0.319 e. The molecule has 1 atom stereocenters. The third kappa shape index (κ3) is 6.05. The zero-order valence-electron chi connectivity index (χ0n) is 19.5. The van der Waals surface area contributed by atoms with Gasteiger partial charge in [0, 0.05) is 29.3 Å². The molecule has 4 rings (SSSR count). The number of anilines is 1. The zero-order valence-corrected chi connectivity index (χ0v) is 20.3. The van der Waals surface area contributed by atoms with E-state index in [0.29, 0.717) is 28.1 Å². The summed E-state index contributed by atoms with van der Waals surface area (Å²) in [6.07, 6.45) is 0. The standard InChI is InChI=1S/C25H23FN6O3S/c1-16-5-3-6-18(13-16)15-36-25-30-29-23(31(25)21-9-11-22(12-10-21)32(34)35)17(2)27-24(33)28-20-8-4-7-19(26)14-20/h3-14,17H,15H2,1-2H3,(H2,27,28,33). The van der Waals surface area contributed by atoms with Crippen LogP contribution in [0.2, 0.25) is 0 Å². The van der Waals surface area contributed by atoms with Gasteiger partial charge in [0.05, 0.1) is 11.0 Å². The Morgan fingerprint density at radius 1 is 1.11 bits per heavy atom. The van der Waals surface area contributed by atoms with Crippen LogP contribution in [0.4, 0.5) is 20.6 Å². The minimum Gasteiger partial charge on any atom is -0.328 e. The van der Waals surface area contributed by atoms with Crippen LogP contribution in [0, 0.1) is 22.9 Å². The van der Waals surface area contributed by atoms with Crippen molar-refractivity contribution in [3.05, 3.63) is 106 Å². The summed E-state index contributed by atoms with van der Waals surface area (Å²) in [6, 6.07) is 18.6. The molecule has 0 aliphatic rings. The Balaban J connectivity index is 1.59. The Kier molecular flexibility index (Phi) is 7.59. The molecule has 2 N–H and O–H groups in total. The quantitative estimate of drug-likeness (QED) is 0.177. The lowest BCUT2D eigenvalue weighted by atomic mass is 10.2. The molecule has 0 saturated heterocycles. The van der Waals surface area contributed by atoms with Crippen LogP contribution in [0.15, 0.2) is 78.0 Å². The Morgan fingerprint density at radius 2 is 1.86 bits per heavy atom. The lowest BCUT2D eigenvalue weighted by Crippen LogP contribution is -2.32. The molecule has 0 saturated carbocycles. The number of hydrogen-bond donors (Lipinski definition) is 2. The maximum atomic E-state index is 13.4. The molecule has 0 fully saturated rings. The van der Waals surface area contributed by atoms with Crippen molar-refractivity contribution in [3.63, 3.8) is 0 Å². The predicted molar refractivity (Wildman–Crippen MR) is 136 cm³/mol. The molecular formula is C25H23FN6O3S. The molecule has 4 aromatic rings. The fraction of sp³-hybridized carbons (Fsp3) is 0.160. The molecule has 2 amide bonds. The van der Waals surface area contributed by atoms with Crippen LogP contribution in [-0.4, -0.2) is 25.7 Å². The van der Waals surface area contributed by atoms with E-state index in [9.17, 15) is 19.3 Å². The first-order chi connectivity index (χ1) is 17.3. The number of thioether (sulfide) groups is 1. The lowest BCUT2D eigenvalue weighted by molar-refractivity contribution is -0.384. The summed E-state index contributed by atoms with van der Waals surface area (Å²) in [6.45, 7) is 3.76. The fourth-order valence-corrected chi connectivity index (χ4v) is 4.47. The van der Waals surface area contributed by atoms with Gasteiger partial charge in [-0.3, -0.25) is 14.7 Å². The van der Waals surface area contributed by atoms with E-state index >= 15 is 0 Å². The summed E-state index contributed by atoms with van der Waals surface area (Å²) in [5.41, 5.74) is 3.15. The molecule has 0 spiro atoms. The Morgan fingerprint density at radius 3 is 2.56 bits per heavy atom. The number of carbonyl (C=O) groups excluding carboxylic acids is 1. The summed E-state index contributed by atoms with van der Waals surface area (Å²) in [5, 5.41) is 25.7. The van der Waals surface area contributed by atoms with Crippen LogP contribution in [0.3, 0.4) is 0 Å². The van der Waals surface area contributed by atoms with Gasteiger partial charge in [-0.1, -0.05) is 47.7 Å². The summed E-state index contributed by atoms with van der Waals surface area (Å²) < 4.78 is 15.2. The Labute approximate surface area is 210 Å². The topological polar surface area (TPSA) is 115 Å². The SMILES string of the molecule is Cc1cccc(CSc2nnc(C(C)NC(=O)Nc3cccc(F)c3)n2-c2ccc([N+](=O)[O-])cc2)c1. The molecule has 0 aliphatic carbocycles. The van der Waals surface area contributed by atoms with Gasteiger partial charge >= 0.3 is 6.03 Å². The highest BCUT2D eigenvalue weighted by molar-refractivity contribution is 7.98. The second-order valence-electron chi connectivity index (χ2n) is 8.06. The number of amides is 2. The molecule has 3 aromatic carbocycles. The van der Waals surface area contributed by atoms with Crippen molar-refractivity contribution in [1.29, 1.82) is 0 Å². The van der Waals surface area contributed by atoms with E-state index < -0.39 is 22.8 Å². The normalized spacial score (nSPS) is 11.6. The second kappa shape index (κ2) is 11.0. The van der Waals surface area contributed by atoms with Gasteiger partial charge in [0.2, 0.25) is 0 Å². The predicted octanol–water partition coefficient (Wildman–Crippen LogP) is 5.80. The van der Waals surface area contributed by atoms with E-state index in [1.54, 1.807) is 29.7 Å². The van der Waals surface area contributed by atoms with Crippen molar-refractivity contribution in [3.8, 4) is 5.69 Å². The van der Waals surface area contributed by atoms with E-state index in [2.05, 4.69) is 26.9 Å². The third-order valence-corrected chi connectivity index (χ3v) is 6.25. The summed E-state index contributed by atoms with van der Waals surface area (Å²) >= 11 is 1.46. The molecule has 1 unspecified atom stereocenters. The third-order valence-electron chi connectivity index (χ3n) is 5.24. The van der Waals surface area contributed by atoms with Crippen molar-refractivity contribution in [2.75, 3.05) is 5.32 Å². The van der Waals surface area contributed by atoms with Crippen molar-refractivity contribution in [1.82, 2.24) is 20.1 Å². The largest absolute Gasteiger partial charge is 0.328 e. The van der Waals surface area contributed by atoms with Gasteiger partial charge in [-0.2, -0.15) is 0 Å². The van der Waals surface area contributed by atoms with Gasteiger partial charge in [0.1, 0.15) is 5.82 Å². The Bertz CT molecular complexity index is 1390. The molecule has 11 heteroatoms. The number of non-ortho nitro benzene ring substituents is 1. The molecule has 1 aromatic heterocycles. The molecule has 0 aliphatic heterocycles. The van der Waals surface area contributed by atoms with Crippen molar-refractivity contribution < 1.29 is 14.1 Å². The summed E-state index contributed by atoms with van der Waals surface area (Å²) in [4.78, 5) is 23.2. The lowest BCUT2D eigenvalue weighted by Gasteiger charge is -2.17. The highest BCUT2D eigenvalue weighted by atomic mass is 32.2. The van der Waals surface area contributed by atoms with E-state index in [4.69, 9.17) is 0 Å². The highest BCUT2D eigenvalue weighted by Crippen LogP contribution is 2.28. The van der Waals surface area contributed by atoms with Gasteiger partial charge in [0.25, 0.3) is 5.69 Å². The molecule has 36 heavy (non-hydrogen) atoms. The number of nitrogens with one attached hydrogen (secondary N) is 2. The number of carbonyl (C=O) groups is 1.